The Morgan fingerprint density at radius 3 is 2.62 bits per heavy atom. The summed E-state index contributed by atoms with van der Waals surface area (Å²) in [4.78, 5) is 25.2. The predicted molar refractivity (Wildman–Crippen MR) is 102 cm³/mol. The van der Waals surface area contributed by atoms with Crippen LogP contribution in [-0.4, -0.2) is 23.4 Å². The number of carbonyl (C=O) groups is 1. The van der Waals surface area contributed by atoms with Gasteiger partial charge in [0.2, 0.25) is 0 Å². The van der Waals surface area contributed by atoms with E-state index in [1.165, 1.54) is 12.1 Å². The van der Waals surface area contributed by atoms with Crippen LogP contribution in [0.4, 0.5) is 11.4 Å². The van der Waals surface area contributed by atoms with E-state index in [0.29, 0.717) is 6.54 Å². The van der Waals surface area contributed by atoms with Crippen molar-refractivity contribution in [1.29, 1.82) is 0 Å². The normalized spacial score (nSPS) is 13.4. The monoisotopic (exact) mass is 353 g/mol. The molecule has 6 heteroatoms. The van der Waals surface area contributed by atoms with Gasteiger partial charge in [0, 0.05) is 42.5 Å². The Balaban J connectivity index is 1.84. The molecular formula is C20H23N3O3. The van der Waals surface area contributed by atoms with E-state index in [4.69, 9.17) is 0 Å². The summed E-state index contributed by atoms with van der Waals surface area (Å²) in [7, 11) is 0. The zero-order valence-corrected chi connectivity index (χ0v) is 15.1. The number of carbonyl (C=O) groups excluding carboxylic acids is 1. The number of fused-ring (bicyclic) bond motifs is 1. The van der Waals surface area contributed by atoms with E-state index < -0.39 is 0 Å². The first kappa shape index (κ1) is 17.9. The first-order valence-corrected chi connectivity index (χ1v) is 8.86. The van der Waals surface area contributed by atoms with E-state index in [2.05, 4.69) is 10.2 Å². The lowest BCUT2D eigenvalue weighted by atomic mass is 9.95. The lowest BCUT2D eigenvalue weighted by Crippen LogP contribution is -2.33. The third-order valence-electron chi connectivity index (χ3n) is 4.53. The molecule has 0 unspecified atom stereocenters. The molecular weight excluding hydrogens is 330 g/mol. The Kier molecular flexibility index (Phi) is 5.21. The highest BCUT2D eigenvalue weighted by Crippen LogP contribution is 2.31. The van der Waals surface area contributed by atoms with Gasteiger partial charge in [-0.1, -0.05) is 18.2 Å². The van der Waals surface area contributed by atoms with Crippen molar-refractivity contribution in [1.82, 2.24) is 5.32 Å². The van der Waals surface area contributed by atoms with Gasteiger partial charge >= 0.3 is 0 Å². The Morgan fingerprint density at radius 1 is 1.23 bits per heavy atom. The van der Waals surface area contributed by atoms with Gasteiger partial charge in [-0.05, 0) is 49.9 Å². The van der Waals surface area contributed by atoms with Crippen LogP contribution in [0.2, 0.25) is 0 Å². The molecule has 2 aromatic carbocycles. The summed E-state index contributed by atoms with van der Waals surface area (Å²) in [5.41, 5.74) is 4.01. The number of anilines is 1. The summed E-state index contributed by atoms with van der Waals surface area (Å²) < 4.78 is 0. The second-order valence-corrected chi connectivity index (χ2v) is 6.88. The minimum Gasteiger partial charge on any atom is -0.367 e. The first-order chi connectivity index (χ1) is 12.5. The van der Waals surface area contributed by atoms with Crippen LogP contribution in [0.15, 0.2) is 42.5 Å². The highest BCUT2D eigenvalue weighted by atomic mass is 16.6. The molecule has 0 aliphatic carbocycles. The van der Waals surface area contributed by atoms with Crippen LogP contribution in [0.25, 0.3) is 0 Å². The van der Waals surface area contributed by atoms with Crippen LogP contribution in [0.1, 0.15) is 41.8 Å². The van der Waals surface area contributed by atoms with Crippen molar-refractivity contribution in [2.45, 2.75) is 39.3 Å². The molecule has 0 radical (unpaired) electrons. The fraction of sp³-hybridized carbons (Fsp3) is 0.350. The van der Waals surface area contributed by atoms with Gasteiger partial charge in [0.15, 0.2) is 0 Å². The molecule has 1 aliphatic rings. The second kappa shape index (κ2) is 7.56. The lowest BCUT2D eigenvalue weighted by molar-refractivity contribution is -0.384. The standard InChI is InChI=1S/C20H23N3O3/c1-14(2)21-20(24)18-5-3-7-19-17(18)6-4-12-22(19)13-15-8-10-16(11-9-15)23(25)26/h3,5,7-11,14H,4,6,12-13H2,1-2H3,(H,21,24). The Hall–Kier alpha value is -2.89. The third kappa shape index (κ3) is 3.85. The number of nitrogens with zero attached hydrogens (tertiary/aromatic N) is 2. The van der Waals surface area contributed by atoms with Crippen LogP contribution < -0.4 is 10.2 Å². The van der Waals surface area contributed by atoms with Gasteiger partial charge < -0.3 is 10.2 Å². The average Bonchev–Trinajstić information content (AvgIpc) is 2.61. The van der Waals surface area contributed by atoms with Crippen molar-refractivity contribution in [2.75, 3.05) is 11.4 Å². The summed E-state index contributed by atoms with van der Waals surface area (Å²) >= 11 is 0. The Labute approximate surface area is 153 Å². The van der Waals surface area contributed by atoms with Crippen molar-refractivity contribution >= 4 is 17.3 Å². The van der Waals surface area contributed by atoms with Gasteiger partial charge in [0.05, 0.1) is 4.92 Å². The number of nitro groups is 1. The molecule has 6 nitrogen and oxygen atoms in total. The van der Waals surface area contributed by atoms with E-state index in [1.54, 1.807) is 12.1 Å². The molecule has 0 saturated carbocycles. The molecule has 0 saturated heterocycles. The highest BCUT2D eigenvalue weighted by molar-refractivity contribution is 5.97. The van der Waals surface area contributed by atoms with Crippen molar-refractivity contribution < 1.29 is 9.72 Å². The van der Waals surface area contributed by atoms with E-state index in [-0.39, 0.29) is 22.6 Å². The molecule has 1 N–H and O–H groups in total. The molecule has 0 bridgehead atoms. The molecule has 0 fully saturated rings. The smallest absolute Gasteiger partial charge is 0.269 e. The van der Waals surface area contributed by atoms with Crippen LogP contribution in [0.5, 0.6) is 0 Å². The maximum absolute atomic E-state index is 12.5. The largest absolute Gasteiger partial charge is 0.367 e. The molecule has 26 heavy (non-hydrogen) atoms. The lowest BCUT2D eigenvalue weighted by Gasteiger charge is -2.32. The molecule has 1 aliphatic heterocycles. The van der Waals surface area contributed by atoms with Crippen molar-refractivity contribution in [3.63, 3.8) is 0 Å². The molecule has 1 heterocycles. The maximum atomic E-state index is 12.5. The number of benzene rings is 2. The van der Waals surface area contributed by atoms with Gasteiger partial charge in [0.1, 0.15) is 0 Å². The highest BCUT2D eigenvalue weighted by Gasteiger charge is 2.22. The molecule has 3 rings (SSSR count). The Bertz CT molecular complexity index is 816. The topological polar surface area (TPSA) is 75.5 Å². The molecule has 1 amide bonds. The number of rotatable bonds is 5. The number of hydrogen-bond acceptors (Lipinski definition) is 4. The van der Waals surface area contributed by atoms with Gasteiger partial charge in [-0.25, -0.2) is 0 Å². The number of amides is 1. The third-order valence-corrected chi connectivity index (χ3v) is 4.53. The van der Waals surface area contributed by atoms with Gasteiger partial charge in [-0.2, -0.15) is 0 Å². The molecule has 136 valence electrons. The average molecular weight is 353 g/mol. The molecule has 0 atom stereocenters. The summed E-state index contributed by atoms with van der Waals surface area (Å²) in [6.07, 6.45) is 1.86. The molecule has 2 aromatic rings. The predicted octanol–water partition coefficient (Wildman–Crippen LogP) is 3.69. The van der Waals surface area contributed by atoms with Crippen molar-refractivity contribution in [2.24, 2.45) is 0 Å². The van der Waals surface area contributed by atoms with Gasteiger partial charge in [-0.15, -0.1) is 0 Å². The fourth-order valence-electron chi connectivity index (χ4n) is 3.36. The van der Waals surface area contributed by atoms with Gasteiger partial charge in [-0.3, -0.25) is 14.9 Å². The van der Waals surface area contributed by atoms with Crippen LogP contribution >= 0.6 is 0 Å². The quantitative estimate of drug-likeness (QED) is 0.657. The number of non-ortho nitro benzene ring substituents is 1. The number of nitrogens with one attached hydrogen (secondary N) is 1. The fourth-order valence-corrected chi connectivity index (χ4v) is 3.36. The number of nitro benzene ring substituents is 1. The summed E-state index contributed by atoms with van der Waals surface area (Å²) in [5, 5.41) is 13.8. The van der Waals surface area contributed by atoms with Crippen molar-refractivity contribution in [3.8, 4) is 0 Å². The summed E-state index contributed by atoms with van der Waals surface area (Å²) in [6, 6.07) is 12.6. The van der Waals surface area contributed by atoms with Crippen LogP contribution in [0, 0.1) is 10.1 Å². The van der Waals surface area contributed by atoms with E-state index in [0.717, 1.165) is 41.8 Å². The zero-order chi connectivity index (χ0) is 18.7. The van der Waals surface area contributed by atoms with E-state index in [9.17, 15) is 14.9 Å². The summed E-state index contributed by atoms with van der Waals surface area (Å²) in [6.45, 7) is 5.47. The molecule has 0 aromatic heterocycles. The minimum absolute atomic E-state index is 0.0333. The minimum atomic E-state index is -0.389. The second-order valence-electron chi connectivity index (χ2n) is 6.88. The first-order valence-electron chi connectivity index (χ1n) is 8.86. The van der Waals surface area contributed by atoms with Crippen molar-refractivity contribution in [3.05, 3.63) is 69.3 Å². The Morgan fingerprint density at radius 2 is 1.96 bits per heavy atom. The van der Waals surface area contributed by atoms with Crippen LogP contribution in [0.3, 0.4) is 0 Å². The maximum Gasteiger partial charge on any atom is 0.269 e. The molecule has 0 spiro atoms. The summed E-state index contributed by atoms with van der Waals surface area (Å²) in [5.74, 6) is -0.0333. The van der Waals surface area contributed by atoms with E-state index in [1.807, 2.05) is 32.0 Å². The van der Waals surface area contributed by atoms with E-state index >= 15 is 0 Å². The zero-order valence-electron chi connectivity index (χ0n) is 15.1. The van der Waals surface area contributed by atoms with Gasteiger partial charge in [0.25, 0.3) is 11.6 Å². The van der Waals surface area contributed by atoms with Crippen LogP contribution in [-0.2, 0) is 13.0 Å². The SMILES string of the molecule is CC(C)NC(=O)c1cccc2c1CCCN2Cc1ccc([N+](=O)[O-])cc1. The number of hydrogen-bond donors (Lipinski definition) is 1.